The molecule has 0 heteroatoms. The van der Waals surface area contributed by atoms with E-state index in [0.29, 0.717) is 5.41 Å². The minimum absolute atomic E-state index is 0.659. The predicted octanol–water partition coefficient (Wildman–Crippen LogP) is 4.99. The van der Waals surface area contributed by atoms with Crippen LogP contribution in [0.4, 0.5) is 0 Å². The maximum atomic E-state index is 2.50. The summed E-state index contributed by atoms with van der Waals surface area (Å²) in [5, 5.41) is 0. The van der Waals surface area contributed by atoms with Crippen molar-refractivity contribution in [3.05, 3.63) is 0 Å². The molecule has 0 spiro atoms. The molecule has 0 saturated heterocycles. The topological polar surface area (TPSA) is 0 Å². The molecule has 3 aliphatic rings. The molecular formula is C15H30. The van der Waals surface area contributed by atoms with Crippen LogP contribution in [0.15, 0.2) is 0 Å². The first-order chi connectivity index (χ1) is 6.94. The van der Waals surface area contributed by atoms with E-state index < -0.39 is 0 Å². The first kappa shape index (κ1) is 13.1. The number of fused-ring (bicyclic) bond motifs is 2. The molecule has 4 atom stereocenters. The molecule has 15 heavy (non-hydrogen) atoms. The highest BCUT2D eigenvalue weighted by atomic mass is 14.6. The Morgan fingerprint density at radius 3 is 1.87 bits per heavy atom. The monoisotopic (exact) mass is 210 g/mol. The van der Waals surface area contributed by atoms with Crippen molar-refractivity contribution >= 4 is 0 Å². The molecule has 2 bridgehead atoms. The molecule has 0 aromatic heterocycles. The molecule has 90 valence electrons. The Hall–Kier alpha value is 0. The van der Waals surface area contributed by atoms with Crippen LogP contribution in [0.3, 0.4) is 0 Å². The minimum Gasteiger partial charge on any atom is -0.0683 e. The molecule has 0 aromatic rings. The highest BCUT2D eigenvalue weighted by Gasteiger charge is 2.57. The Labute approximate surface area is 96.8 Å². The van der Waals surface area contributed by atoms with Crippen LogP contribution in [0.1, 0.15) is 61.3 Å². The predicted molar refractivity (Wildman–Crippen MR) is 68.8 cm³/mol. The van der Waals surface area contributed by atoms with E-state index >= 15 is 0 Å². The van der Waals surface area contributed by atoms with Crippen molar-refractivity contribution in [2.45, 2.75) is 61.3 Å². The van der Waals surface area contributed by atoms with Crippen LogP contribution in [0, 0.1) is 35.0 Å². The fraction of sp³-hybridized carbons (Fsp3) is 1.00. The van der Waals surface area contributed by atoms with Crippen molar-refractivity contribution in [3.63, 3.8) is 0 Å². The number of rotatable bonds is 1. The zero-order valence-corrected chi connectivity index (χ0v) is 11.8. The second kappa shape index (κ2) is 4.47. The van der Waals surface area contributed by atoms with Gasteiger partial charge in [0.1, 0.15) is 0 Å². The van der Waals surface area contributed by atoms with Crippen LogP contribution in [0.25, 0.3) is 0 Å². The van der Waals surface area contributed by atoms with Gasteiger partial charge in [0.05, 0.1) is 0 Å². The molecule has 0 radical (unpaired) electrons. The average Bonchev–Trinajstić information content (AvgIpc) is 2.19. The molecule has 0 aromatic carbocycles. The van der Waals surface area contributed by atoms with Crippen molar-refractivity contribution in [1.82, 2.24) is 0 Å². The number of hydrogen-bond donors (Lipinski definition) is 0. The van der Waals surface area contributed by atoms with Crippen molar-refractivity contribution < 1.29 is 0 Å². The summed E-state index contributed by atoms with van der Waals surface area (Å²) in [5.74, 6) is 4.96. The maximum absolute atomic E-state index is 2.50. The fourth-order valence-corrected chi connectivity index (χ4v) is 4.18. The third-order valence-electron chi connectivity index (χ3n) is 5.12. The molecule has 0 N–H and O–H groups in total. The molecule has 0 aliphatic heterocycles. The van der Waals surface area contributed by atoms with Gasteiger partial charge in [0.15, 0.2) is 0 Å². The quantitative estimate of drug-likeness (QED) is 0.572. The third-order valence-corrected chi connectivity index (χ3v) is 5.12. The Kier molecular flexibility index (Phi) is 3.90. The van der Waals surface area contributed by atoms with Gasteiger partial charge in [0.25, 0.3) is 0 Å². The van der Waals surface area contributed by atoms with Crippen LogP contribution >= 0.6 is 0 Å². The second-order valence-corrected chi connectivity index (χ2v) is 6.39. The van der Waals surface area contributed by atoms with Gasteiger partial charge in [-0.05, 0) is 47.8 Å². The van der Waals surface area contributed by atoms with E-state index in [9.17, 15) is 0 Å². The van der Waals surface area contributed by atoms with Crippen LogP contribution in [-0.4, -0.2) is 0 Å². The van der Waals surface area contributed by atoms with Gasteiger partial charge in [-0.15, -0.1) is 0 Å². The lowest BCUT2D eigenvalue weighted by Gasteiger charge is -2.63. The Morgan fingerprint density at radius 2 is 1.53 bits per heavy atom. The summed E-state index contributed by atoms with van der Waals surface area (Å²) in [5.41, 5.74) is 0.659. The molecule has 3 aliphatic carbocycles. The summed E-state index contributed by atoms with van der Waals surface area (Å²) in [7, 11) is 0. The second-order valence-electron chi connectivity index (χ2n) is 6.39. The third kappa shape index (κ3) is 1.97. The lowest BCUT2D eigenvalue weighted by atomic mass is 9.41. The number of hydrogen-bond acceptors (Lipinski definition) is 0. The molecule has 3 saturated carbocycles. The molecule has 4 unspecified atom stereocenters. The first-order valence-corrected chi connectivity index (χ1v) is 6.94. The molecule has 3 fully saturated rings. The lowest BCUT2D eigenvalue weighted by Crippen LogP contribution is -2.56. The van der Waals surface area contributed by atoms with Gasteiger partial charge < -0.3 is 0 Å². The zero-order valence-electron chi connectivity index (χ0n) is 11.8. The summed E-state index contributed by atoms with van der Waals surface area (Å²) in [4.78, 5) is 0. The average molecular weight is 210 g/mol. The van der Waals surface area contributed by atoms with Crippen LogP contribution in [0.2, 0.25) is 0 Å². The summed E-state index contributed by atoms with van der Waals surface area (Å²) in [6.07, 6.45) is 3.02. The van der Waals surface area contributed by atoms with Crippen molar-refractivity contribution in [3.8, 4) is 0 Å². The van der Waals surface area contributed by atoms with E-state index in [4.69, 9.17) is 0 Å². The molecule has 3 rings (SSSR count). The van der Waals surface area contributed by atoms with E-state index in [0.717, 1.165) is 29.6 Å². The standard InChI is InChI=1S/C13H24.C2H6/c1-8(2)10-6-9(3)11-7-12(10)13(11,4)5;1-2/h8-12H,6-7H2,1-5H3;1-2H3. The minimum atomic E-state index is 0.659. The Morgan fingerprint density at radius 1 is 1.00 bits per heavy atom. The van der Waals surface area contributed by atoms with Gasteiger partial charge in [-0.3, -0.25) is 0 Å². The molecule has 0 nitrogen and oxygen atoms in total. The van der Waals surface area contributed by atoms with Crippen LogP contribution < -0.4 is 0 Å². The summed E-state index contributed by atoms with van der Waals surface area (Å²) in [6.45, 7) is 16.3. The van der Waals surface area contributed by atoms with Crippen molar-refractivity contribution in [2.75, 3.05) is 0 Å². The van der Waals surface area contributed by atoms with Crippen molar-refractivity contribution in [2.24, 2.45) is 35.0 Å². The maximum Gasteiger partial charge on any atom is -0.0292 e. The van der Waals surface area contributed by atoms with Crippen molar-refractivity contribution in [1.29, 1.82) is 0 Å². The Bertz CT molecular complexity index is 202. The smallest absolute Gasteiger partial charge is 0.0292 e. The van der Waals surface area contributed by atoms with Gasteiger partial charge in [-0.25, -0.2) is 0 Å². The summed E-state index contributed by atoms with van der Waals surface area (Å²) < 4.78 is 0. The van der Waals surface area contributed by atoms with E-state index in [1.54, 1.807) is 0 Å². The molecular weight excluding hydrogens is 180 g/mol. The van der Waals surface area contributed by atoms with Crippen LogP contribution in [-0.2, 0) is 0 Å². The normalized spacial score (nSPS) is 41.6. The van der Waals surface area contributed by atoms with Gasteiger partial charge in [-0.2, -0.15) is 0 Å². The van der Waals surface area contributed by atoms with E-state index in [2.05, 4.69) is 34.6 Å². The summed E-state index contributed by atoms with van der Waals surface area (Å²) >= 11 is 0. The SMILES string of the molecule is CC.CC(C)C1CC(C)C2CC1C2(C)C. The largest absolute Gasteiger partial charge is 0.0683 e. The Balaban J connectivity index is 0.000000531. The summed E-state index contributed by atoms with van der Waals surface area (Å²) in [6, 6.07) is 0. The van der Waals surface area contributed by atoms with Gasteiger partial charge in [0, 0.05) is 0 Å². The zero-order chi connectivity index (χ0) is 11.8. The highest BCUT2D eigenvalue weighted by Crippen LogP contribution is 2.64. The van der Waals surface area contributed by atoms with Gasteiger partial charge >= 0.3 is 0 Å². The van der Waals surface area contributed by atoms with E-state index in [1.165, 1.54) is 12.8 Å². The van der Waals surface area contributed by atoms with E-state index in [-0.39, 0.29) is 0 Å². The fourth-order valence-electron chi connectivity index (χ4n) is 4.18. The van der Waals surface area contributed by atoms with Gasteiger partial charge in [0.2, 0.25) is 0 Å². The first-order valence-electron chi connectivity index (χ1n) is 6.94. The highest BCUT2D eigenvalue weighted by molar-refractivity contribution is 5.06. The van der Waals surface area contributed by atoms with Gasteiger partial charge in [-0.1, -0.05) is 48.5 Å². The van der Waals surface area contributed by atoms with E-state index in [1.807, 2.05) is 13.8 Å². The van der Waals surface area contributed by atoms with Crippen LogP contribution in [0.5, 0.6) is 0 Å². The molecule has 0 heterocycles. The lowest BCUT2D eigenvalue weighted by molar-refractivity contribution is -0.148. The molecule has 0 amide bonds.